The third kappa shape index (κ3) is 6.74. The van der Waals surface area contributed by atoms with Crippen LogP contribution >= 0.6 is 11.6 Å². The van der Waals surface area contributed by atoms with Gasteiger partial charge < -0.3 is 15.5 Å². The Labute approximate surface area is 178 Å². The number of hydrogen-bond donors (Lipinski definition) is 2. The lowest BCUT2D eigenvalue weighted by Gasteiger charge is -2.36. The average molecular weight is 422 g/mol. The summed E-state index contributed by atoms with van der Waals surface area (Å²) in [5.74, 6) is -0.169. The van der Waals surface area contributed by atoms with Crippen molar-refractivity contribution in [1.82, 2.24) is 15.5 Å². The van der Waals surface area contributed by atoms with Crippen LogP contribution in [0.25, 0.3) is 0 Å². The SMILES string of the molecule is CC(C)CNC(=O)C(NC(=O)C(C)C)C1CCN(C(=O)c2ccc(Cl)cc2)CC1. The number of halogens is 1. The molecule has 0 bridgehead atoms. The van der Waals surface area contributed by atoms with Gasteiger partial charge >= 0.3 is 0 Å². The molecule has 0 aromatic heterocycles. The number of piperidine rings is 1. The normalized spacial score (nSPS) is 16.0. The van der Waals surface area contributed by atoms with E-state index in [4.69, 9.17) is 11.6 Å². The number of nitrogens with one attached hydrogen (secondary N) is 2. The minimum Gasteiger partial charge on any atom is -0.354 e. The summed E-state index contributed by atoms with van der Waals surface area (Å²) < 4.78 is 0. The van der Waals surface area contributed by atoms with Crippen molar-refractivity contribution < 1.29 is 14.4 Å². The van der Waals surface area contributed by atoms with Crippen molar-refractivity contribution in [3.8, 4) is 0 Å². The number of nitrogens with zero attached hydrogens (tertiary/aromatic N) is 1. The molecule has 1 aromatic carbocycles. The Balaban J connectivity index is 2.02. The van der Waals surface area contributed by atoms with Crippen LogP contribution in [-0.2, 0) is 9.59 Å². The van der Waals surface area contributed by atoms with E-state index in [-0.39, 0.29) is 29.6 Å². The zero-order valence-electron chi connectivity index (χ0n) is 17.7. The quantitative estimate of drug-likeness (QED) is 0.710. The van der Waals surface area contributed by atoms with E-state index < -0.39 is 6.04 Å². The molecule has 0 spiro atoms. The van der Waals surface area contributed by atoms with Crippen molar-refractivity contribution in [1.29, 1.82) is 0 Å². The third-order valence-corrected chi connectivity index (χ3v) is 5.43. The molecule has 1 heterocycles. The van der Waals surface area contributed by atoms with Crippen LogP contribution in [0.3, 0.4) is 0 Å². The zero-order chi connectivity index (χ0) is 21.6. The molecule has 160 valence electrons. The minimum atomic E-state index is -0.573. The van der Waals surface area contributed by atoms with Crippen LogP contribution < -0.4 is 10.6 Å². The van der Waals surface area contributed by atoms with Gasteiger partial charge in [-0.3, -0.25) is 14.4 Å². The van der Waals surface area contributed by atoms with Gasteiger partial charge in [-0.15, -0.1) is 0 Å². The van der Waals surface area contributed by atoms with Gasteiger partial charge in [0, 0.05) is 36.1 Å². The van der Waals surface area contributed by atoms with E-state index in [1.54, 1.807) is 29.2 Å². The van der Waals surface area contributed by atoms with Crippen LogP contribution in [0.1, 0.15) is 50.9 Å². The first-order valence-electron chi connectivity index (χ1n) is 10.3. The van der Waals surface area contributed by atoms with E-state index in [9.17, 15) is 14.4 Å². The lowest BCUT2D eigenvalue weighted by molar-refractivity contribution is -0.132. The first-order valence-corrected chi connectivity index (χ1v) is 10.7. The van der Waals surface area contributed by atoms with E-state index in [2.05, 4.69) is 10.6 Å². The van der Waals surface area contributed by atoms with Gasteiger partial charge in [-0.25, -0.2) is 0 Å². The Bertz CT molecular complexity index is 711. The average Bonchev–Trinajstić information content (AvgIpc) is 2.70. The summed E-state index contributed by atoms with van der Waals surface area (Å²) >= 11 is 5.90. The smallest absolute Gasteiger partial charge is 0.253 e. The number of likely N-dealkylation sites (tertiary alicyclic amines) is 1. The number of hydrogen-bond acceptors (Lipinski definition) is 3. The van der Waals surface area contributed by atoms with Gasteiger partial charge in [0.1, 0.15) is 6.04 Å². The first kappa shape index (κ1) is 23.2. The second-order valence-electron chi connectivity index (χ2n) is 8.42. The molecule has 0 saturated carbocycles. The Morgan fingerprint density at radius 3 is 2.14 bits per heavy atom. The molecular formula is C22H32ClN3O3. The molecule has 2 rings (SSSR count). The van der Waals surface area contributed by atoms with E-state index in [1.807, 2.05) is 27.7 Å². The van der Waals surface area contributed by atoms with Crippen LogP contribution in [-0.4, -0.2) is 48.3 Å². The van der Waals surface area contributed by atoms with Crippen molar-refractivity contribution in [2.45, 2.75) is 46.6 Å². The van der Waals surface area contributed by atoms with Gasteiger partial charge in [-0.2, -0.15) is 0 Å². The van der Waals surface area contributed by atoms with Crippen molar-refractivity contribution in [2.24, 2.45) is 17.8 Å². The van der Waals surface area contributed by atoms with Gasteiger partial charge in [0.15, 0.2) is 0 Å². The first-order chi connectivity index (χ1) is 13.7. The largest absolute Gasteiger partial charge is 0.354 e. The fourth-order valence-corrected chi connectivity index (χ4v) is 3.47. The second-order valence-corrected chi connectivity index (χ2v) is 8.85. The van der Waals surface area contributed by atoms with Crippen LogP contribution in [0.5, 0.6) is 0 Å². The molecule has 0 aliphatic carbocycles. The highest BCUT2D eigenvalue weighted by Gasteiger charge is 2.34. The Kier molecular flexibility index (Phi) is 8.50. The maximum Gasteiger partial charge on any atom is 0.253 e. The molecule has 1 aliphatic heterocycles. The fraction of sp³-hybridized carbons (Fsp3) is 0.591. The summed E-state index contributed by atoms with van der Waals surface area (Å²) in [6.07, 6.45) is 1.33. The Morgan fingerprint density at radius 1 is 1.03 bits per heavy atom. The number of rotatable bonds is 7. The Hall–Kier alpha value is -2.08. The van der Waals surface area contributed by atoms with Crippen LogP contribution in [0.15, 0.2) is 24.3 Å². The molecular weight excluding hydrogens is 390 g/mol. The van der Waals surface area contributed by atoms with Gasteiger partial charge in [0.05, 0.1) is 0 Å². The van der Waals surface area contributed by atoms with Gasteiger partial charge in [-0.05, 0) is 48.9 Å². The molecule has 0 radical (unpaired) electrons. The van der Waals surface area contributed by atoms with Gasteiger partial charge in [0.25, 0.3) is 5.91 Å². The summed E-state index contributed by atoms with van der Waals surface area (Å²) in [6.45, 7) is 9.36. The summed E-state index contributed by atoms with van der Waals surface area (Å²) in [6, 6.07) is 6.29. The molecule has 3 amide bonds. The van der Waals surface area contributed by atoms with Crippen LogP contribution in [0.2, 0.25) is 5.02 Å². The molecule has 1 atom stereocenters. The molecule has 2 N–H and O–H groups in total. The van der Waals surface area contributed by atoms with Crippen molar-refractivity contribution >= 4 is 29.3 Å². The second kappa shape index (κ2) is 10.6. The van der Waals surface area contributed by atoms with Crippen molar-refractivity contribution in [2.75, 3.05) is 19.6 Å². The summed E-state index contributed by atoms with van der Waals surface area (Å²) in [4.78, 5) is 39.5. The molecule has 1 aliphatic rings. The fourth-order valence-electron chi connectivity index (χ4n) is 3.34. The molecule has 1 aromatic rings. The van der Waals surface area contributed by atoms with E-state index in [0.717, 1.165) is 0 Å². The predicted octanol–water partition coefficient (Wildman–Crippen LogP) is 3.11. The molecule has 1 fully saturated rings. The maximum absolute atomic E-state index is 12.8. The van der Waals surface area contributed by atoms with E-state index in [0.29, 0.717) is 49.0 Å². The predicted molar refractivity (Wildman–Crippen MR) is 115 cm³/mol. The highest BCUT2D eigenvalue weighted by molar-refractivity contribution is 6.30. The van der Waals surface area contributed by atoms with E-state index in [1.165, 1.54) is 0 Å². The lowest BCUT2D eigenvalue weighted by Crippen LogP contribution is -2.54. The Morgan fingerprint density at radius 2 is 1.62 bits per heavy atom. The maximum atomic E-state index is 12.8. The highest BCUT2D eigenvalue weighted by atomic mass is 35.5. The standard InChI is InChI=1S/C22H32ClN3O3/c1-14(2)13-24-21(28)19(25-20(27)15(3)4)16-9-11-26(12-10-16)22(29)17-5-7-18(23)8-6-17/h5-8,14-16,19H,9-13H2,1-4H3,(H,24,28)(H,25,27). The molecule has 1 unspecified atom stereocenters. The molecule has 29 heavy (non-hydrogen) atoms. The summed E-state index contributed by atoms with van der Waals surface area (Å²) in [7, 11) is 0. The monoisotopic (exact) mass is 421 g/mol. The van der Waals surface area contributed by atoms with Crippen LogP contribution in [0, 0.1) is 17.8 Å². The van der Waals surface area contributed by atoms with E-state index >= 15 is 0 Å². The highest BCUT2D eigenvalue weighted by Crippen LogP contribution is 2.23. The number of carbonyl (C=O) groups excluding carboxylic acids is 3. The zero-order valence-corrected chi connectivity index (χ0v) is 18.5. The topological polar surface area (TPSA) is 78.5 Å². The molecule has 7 heteroatoms. The van der Waals surface area contributed by atoms with Crippen molar-refractivity contribution in [3.05, 3.63) is 34.9 Å². The number of benzene rings is 1. The number of carbonyl (C=O) groups is 3. The van der Waals surface area contributed by atoms with Crippen molar-refractivity contribution in [3.63, 3.8) is 0 Å². The number of amides is 3. The molecule has 1 saturated heterocycles. The summed E-state index contributed by atoms with van der Waals surface area (Å²) in [5.41, 5.74) is 0.604. The van der Waals surface area contributed by atoms with Crippen LogP contribution in [0.4, 0.5) is 0 Å². The summed E-state index contributed by atoms with van der Waals surface area (Å²) in [5, 5.41) is 6.46. The van der Waals surface area contributed by atoms with Gasteiger partial charge in [-0.1, -0.05) is 39.3 Å². The minimum absolute atomic E-state index is 0.000806. The third-order valence-electron chi connectivity index (χ3n) is 5.18. The lowest BCUT2D eigenvalue weighted by atomic mass is 9.88. The van der Waals surface area contributed by atoms with Gasteiger partial charge in [0.2, 0.25) is 11.8 Å². The molecule has 6 nitrogen and oxygen atoms in total.